The van der Waals surface area contributed by atoms with Crippen LogP contribution in [0.1, 0.15) is 23.2 Å². The van der Waals surface area contributed by atoms with Crippen LogP contribution < -0.4 is 15.2 Å². The minimum Gasteiger partial charge on any atom is -0.495 e. The number of hydrogen-bond donors (Lipinski definition) is 3. The van der Waals surface area contributed by atoms with E-state index in [-0.39, 0.29) is 35.6 Å². The summed E-state index contributed by atoms with van der Waals surface area (Å²) in [6.45, 7) is 0. The lowest BCUT2D eigenvalue weighted by Gasteiger charge is -2.12. The van der Waals surface area contributed by atoms with Gasteiger partial charge in [0.25, 0.3) is 0 Å². The average molecular weight is 316 g/mol. The van der Waals surface area contributed by atoms with Gasteiger partial charge in [0.1, 0.15) is 5.75 Å². The molecule has 0 aliphatic rings. The Bertz CT molecular complexity index is 641. The van der Waals surface area contributed by atoms with Crippen LogP contribution in [0.5, 0.6) is 5.75 Å². The molecule has 0 unspecified atom stereocenters. The number of nitrogens with two attached hydrogens (primary N) is 1. The second kappa shape index (κ2) is 6.93. The number of carboxylic acids is 1. The smallest absolute Gasteiger partial charge is 0.303 e. The quantitative estimate of drug-likeness (QED) is 0.635. The zero-order chi connectivity index (χ0) is 16.0. The van der Waals surface area contributed by atoms with Crippen molar-refractivity contribution in [1.29, 1.82) is 0 Å². The van der Waals surface area contributed by atoms with Crippen molar-refractivity contribution in [3.63, 3.8) is 0 Å². The third-order valence-corrected chi connectivity index (χ3v) is 3.91. The van der Waals surface area contributed by atoms with Gasteiger partial charge in [-0.05, 0) is 24.6 Å². The second-order valence-corrected chi connectivity index (χ2v) is 6.04. The van der Waals surface area contributed by atoms with Gasteiger partial charge in [0.2, 0.25) is 15.9 Å². The Balaban J connectivity index is 2.91. The number of carbonyl (C=O) groups excluding carboxylic acids is 1. The summed E-state index contributed by atoms with van der Waals surface area (Å²) in [6, 6.07) is 4.08. The minimum atomic E-state index is -3.75. The number of ether oxygens (including phenoxy) is 1. The van der Waals surface area contributed by atoms with E-state index in [1.807, 2.05) is 0 Å². The summed E-state index contributed by atoms with van der Waals surface area (Å²) in [6.07, 6.45) is -0.276. The van der Waals surface area contributed by atoms with Crippen molar-refractivity contribution in [2.45, 2.75) is 12.8 Å². The van der Waals surface area contributed by atoms with E-state index in [1.165, 1.54) is 25.3 Å². The fourth-order valence-corrected chi connectivity index (χ4v) is 2.69. The highest BCUT2D eigenvalue weighted by Crippen LogP contribution is 2.26. The fraction of sp³-hybridized carbons (Fsp3) is 0.333. The molecule has 0 fully saturated rings. The molecule has 4 N–H and O–H groups in total. The van der Waals surface area contributed by atoms with Crippen LogP contribution in [0.2, 0.25) is 0 Å². The number of aliphatic carboxylic acids is 1. The first-order chi connectivity index (χ1) is 9.75. The topological polar surface area (TPSA) is 136 Å². The Labute approximate surface area is 122 Å². The molecule has 8 nitrogen and oxygen atoms in total. The van der Waals surface area contributed by atoms with Crippen molar-refractivity contribution in [3.05, 3.63) is 23.8 Å². The highest BCUT2D eigenvalue weighted by Gasteiger charge is 2.15. The normalized spacial score (nSPS) is 10.9. The molecule has 1 rings (SSSR count). The molecule has 0 saturated heterocycles. The highest BCUT2D eigenvalue weighted by molar-refractivity contribution is 7.92. The van der Waals surface area contributed by atoms with Crippen molar-refractivity contribution >= 4 is 27.6 Å². The van der Waals surface area contributed by atoms with Crippen molar-refractivity contribution in [2.24, 2.45) is 5.73 Å². The summed E-state index contributed by atoms with van der Waals surface area (Å²) >= 11 is 0. The van der Waals surface area contributed by atoms with E-state index >= 15 is 0 Å². The first-order valence-corrected chi connectivity index (χ1v) is 7.60. The van der Waals surface area contributed by atoms with Crippen LogP contribution in [0.4, 0.5) is 5.69 Å². The van der Waals surface area contributed by atoms with Crippen LogP contribution >= 0.6 is 0 Å². The molecule has 1 amide bonds. The summed E-state index contributed by atoms with van der Waals surface area (Å²) in [7, 11) is -2.40. The Morgan fingerprint density at radius 1 is 1.38 bits per heavy atom. The zero-order valence-electron chi connectivity index (χ0n) is 11.3. The summed E-state index contributed by atoms with van der Waals surface area (Å²) in [5, 5.41) is 8.49. The second-order valence-electron chi connectivity index (χ2n) is 4.20. The Kier molecular flexibility index (Phi) is 5.53. The van der Waals surface area contributed by atoms with Crippen molar-refractivity contribution in [2.75, 3.05) is 17.6 Å². The zero-order valence-corrected chi connectivity index (χ0v) is 12.1. The maximum Gasteiger partial charge on any atom is 0.303 e. The fourth-order valence-electron chi connectivity index (χ4n) is 1.57. The van der Waals surface area contributed by atoms with Crippen LogP contribution in [0.3, 0.4) is 0 Å². The Hall–Kier alpha value is -2.29. The molecule has 0 atom stereocenters. The summed E-state index contributed by atoms with van der Waals surface area (Å²) < 4.78 is 31.0. The molecular formula is C12H16N2O6S. The average Bonchev–Trinajstić information content (AvgIpc) is 2.37. The third kappa shape index (κ3) is 5.30. The van der Waals surface area contributed by atoms with Gasteiger partial charge in [0, 0.05) is 12.0 Å². The largest absolute Gasteiger partial charge is 0.495 e. The summed E-state index contributed by atoms with van der Waals surface area (Å²) in [5.74, 6) is -1.91. The first kappa shape index (κ1) is 16.8. The molecule has 0 spiro atoms. The molecule has 0 aliphatic heterocycles. The molecule has 0 radical (unpaired) electrons. The van der Waals surface area contributed by atoms with E-state index in [9.17, 15) is 18.0 Å². The maximum absolute atomic E-state index is 11.9. The SMILES string of the molecule is COc1ccc(C(N)=O)cc1NS(=O)(=O)CCCC(=O)O. The van der Waals surface area contributed by atoms with Crippen molar-refractivity contribution in [3.8, 4) is 5.75 Å². The molecule has 0 aliphatic carbocycles. The standard InChI is InChI=1S/C12H16N2O6S/c1-20-10-5-4-8(12(13)17)7-9(10)14-21(18,19)6-2-3-11(15)16/h4-5,7,14H,2-3,6H2,1H3,(H2,13,17)(H,15,16). The van der Waals surface area contributed by atoms with Gasteiger partial charge in [-0.1, -0.05) is 0 Å². The number of benzene rings is 1. The Morgan fingerprint density at radius 3 is 2.57 bits per heavy atom. The van der Waals surface area contributed by atoms with Crippen molar-refractivity contribution in [1.82, 2.24) is 0 Å². The molecule has 1 aromatic rings. The molecule has 21 heavy (non-hydrogen) atoms. The number of methoxy groups -OCH3 is 1. The summed E-state index contributed by atoms with van der Waals surface area (Å²) in [5.41, 5.74) is 5.33. The van der Waals surface area contributed by atoms with E-state index in [0.29, 0.717) is 0 Å². The number of rotatable bonds is 8. The molecular weight excluding hydrogens is 300 g/mol. The predicted octanol–water partition coefficient (Wildman–Crippen LogP) is 0.401. The predicted molar refractivity (Wildman–Crippen MR) is 75.8 cm³/mol. The third-order valence-electron chi connectivity index (χ3n) is 2.55. The van der Waals surface area contributed by atoms with Crippen LogP contribution in [0, 0.1) is 0 Å². The van der Waals surface area contributed by atoms with Gasteiger partial charge in [0.05, 0.1) is 18.6 Å². The van der Waals surface area contributed by atoms with E-state index in [0.717, 1.165) is 0 Å². The number of primary amides is 1. The molecule has 0 saturated carbocycles. The monoisotopic (exact) mass is 316 g/mol. The lowest BCUT2D eigenvalue weighted by Crippen LogP contribution is -2.19. The number of sulfonamides is 1. The van der Waals surface area contributed by atoms with Gasteiger partial charge in [-0.15, -0.1) is 0 Å². The van der Waals surface area contributed by atoms with E-state index in [4.69, 9.17) is 15.6 Å². The summed E-state index contributed by atoms with van der Waals surface area (Å²) in [4.78, 5) is 21.5. The minimum absolute atomic E-state index is 0.0253. The first-order valence-electron chi connectivity index (χ1n) is 5.95. The number of carboxylic acid groups (broad SMARTS) is 1. The van der Waals surface area contributed by atoms with Gasteiger partial charge in [-0.2, -0.15) is 0 Å². The van der Waals surface area contributed by atoms with Gasteiger partial charge in [-0.25, -0.2) is 8.42 Å². The van der Waals surface area contributed by atoms with E-state index in [1.54, 1.807) is 0 Å². The maximum atomic E-state index is 11.9. The number of hydrogen-bond acceptors (Lipinski definition) is 5. The van der Waals surface area contributed by atoms with Crippen LogP contribution in [-0.2, 0) is 14.8 Å². The number of amides is 1. The van der Waals surface area contributed by atoms with Crippen LogP contribution in [0.25, 0.3) is 0 Å². The molecule has 0 heterocycles. The van der Waals surface area contributed by atoms with Crippen molar-refractivity contribution < 1.29 is 27.9 Å². The van der Waals surface area contributed by atoms with Gasteiger partial charge < -0.3 is 15.6 Å². The lowest BCUT2D eigenvalue weighted by molar-refractivity contribution is -0.137. The van der Waals surface area contributed by atoms with Crippen LogP contribution in [0.15, 0.2) is 18.2 Å². The van der Waals surface area contributed by atoms with Gasteiger partial charge in [-0.3, -0.25) is 14.3 Å². The number of anilines is 1. The molecule has 116 valence electrons. The van der Waals surface area contributed by atoms with Crippen LogP contribution in [-0.4, -0.2) is 38.3 Å². The highest BCUT2D eigenvalue weighted by atomic mass is 32.2. The molecule has 0 bridgehead atoms. The van der Waals surface area contributed by atoms with Gasteiger partial charge >= 0.3 is 5.97 Å². The lowest BCUT2D eigenvalue weighted by atomic mass is 10.2. The number of carbonyl (C=O) groups is 2. The van der Waals surface area contributed by atoms with Gasteiger partial charge in [0.15, 0.2) is 0 Å². The number of nitrogens with one attached hydrogen (secondary N) is 1. The van der Waals surface area contributed by atoms with E-state index < -0.39 is 21.9 Å². The molecule has 9 heteroatoms. The van der Waals surface area contributed by atoms with E-state index in [2.05, 4.69) is 4.72 Å². The Morgan fingerprint density at radius 2 is 2.05 bits per heavy atom. The molecule has 0 aromatic heterocycles. The molecule has 1 aromatic carbocycles.